The van der Waals surface area contributed by atoms with Gasteiger partial charge in [-0.25, -0.2) is 4.39 Å². The Morgan fingerprint density at radius 1 is 1.16 bits per heavy atom. The number of rotatable bonds is 2. The van der Waals surface area contributed by atoms with Crippen molar-refractivity contribution in [2.24, 2.45) is 5.73 Å². The molecule has 0 heterocycles. The molecule has 0 radical (unpaired) electrons. The molecule has 4 heteroatoms. The van der Waals surface area contributed by atoms with Crippen LogP contribution in [0.2, 0.25) is 5.02 Å². The van der Waals surface area contributed by atoms with Crippen LogP contribution < -0.4 is 5.73 Å². The lowest BCUT2D eigenvalue weighted by Gasteiger charge is -2.06. The number of benzene rings is 2. The molecule has 0 unspecified atom stereocenters. The van der Waals surface area contributed by atoms with E-state index in [0.717, 1.165) is 12.0 Å². The molecule has 2 aromatic carbocycles. The first-order chi connectivity index (χ1) is 9.06. The summed E-state index contributed by atoms with van der Waals surface area (Å²) in [5.74, 6) is -0.763. The van der Waals surface area contributed by atoms with Crippen LogP contribution in [0, 0.1) is 5.82 Å². The van der Waals surface area contributed by atoms with Crippen molar-refractivity contribution in [2.45, 2.75) is 18.4 Å². The Morgan fingerprint density at radius 3 is 2.32 bits per heavy atom. The molecular weight excluding hydrogens is 265 g/mol. The van der Waals surface area contributed by atoms with Crippen LogP contribution >= 0.6 is 11.6 Å². The molecule has 3 N–H and O–H groups in total. The zero-order valence-electron chi connectivity index (χ0n) is 10.1. The van der Waals surface area contributed by atoms with E-state index in [9.17, 15) is 9.50 Å². The van der Waals surface area contributed by atoms with Gasteiger partial charge in [0.15, 0.2) is 11.6 Å². The summed E-state index contributed by atoms with van der Waals surface area (Å²) in [6, 6.07) is 11.1. The highest BCUT2D eigenvalue weighted by Crippen LogP contribution is 2.39. The Bertz CT molecular complexity index is 604. The summed E-state index contributed by atoms with van der Waals surface area (Å²) in [6.07, 6.45) is 1.03. The van der Waals surface area contributed by atoms with Crippen molar-refractivity contribution in [1.82, 2.24) is 0 Å². The predicted molar refractivity (Wildman–Crippen MR) is 73.8 cm³/mol. The summed E-state index contributed by atoms with van der Waals surface area (Å²) in [5, 5.41) is 9.37. The summed E-state index contributed by atoms with van der Waals surface area (Å²) < 4.78 is 13.3. The van der Waals surface area contributed by atoms with Gasteiger partial charge in [0, 0.05) is 12.0 Å². The van der Waals surface area contributed by atoms with Gasteiger partial charge in [0.2, 0.25) is 0 Å². The average Bonchev–Trinajstić information content (AvgIpc) is 3.13. The number of hydrogen-bond acceptors (Lipinski definition) is 2. The molecule has 1 fully saturated rings. The van der Waals surface area contributed by atoms with Gasteiger partial charge in [0.1, 0.15) is 0 Å². The van der Waals surface area contributed by atoms with Crippen molar-refractivity contribution in [3.63, 3.8) is 0 Å². The molecule has 1 saturated carbocycles. The van der Waals surface area contributed by atoms with Crippen LogP contribution in [-0.2, 0) is 0 Å². The first-order valence-corrected chi connectivity index (χ1v) is 6.48. The van der Waals surface area contributed by atoms with Crippen LogP contribution in [-0.4, -0.2) is 11.1 Å². The summed E-state index contributed by atoms with van der Waals surface area (Å²) in [6.45, 7) is 0. The smallest absolute Gasteiger partial charge is 0.183 e. The lowest BCUT2D eigenvalue weighted by molar-refractivity contribution is 0.433. The molecule has 2 nitrogen and oxygen atoms in total. The fourth-order valence-electron chi connectivity index (χ4n) is 2.26. The second kappa shape index (κ2) is 4.51. The molecule has 0 saturated heterocycles. The molecule has 1 aliphatic rings. The van der Waals surface area contributed by atoms with Gasteiger partial charge in [0.05, 0.1) is 5.02 Å². The molecule has 19 heavy (non-hydrogen) atoms. The highest BCUT2D eigenvalue weighted by molar-refractivity contribution is 6.31. The minimum atomic E-state index is -0.786. The minimum absolute atomic E-state index is 0.0803. The van der Waals surface area contributed by atoms with Crippen molar-refractivity contribution in [3.05, 3.63) is 52.8 Å². The van der Waals surface area contributed by atoms with Gasteiger partial charge in [-0.3, -0.25) is 0 Å². The quantitative estimate of drug-likeness (QED) is 0.880. The molecule has 0 aliphatic heterocycles. The average molecular weight is 278 g/mol. The van der Waals surface area contributed by atoms with Crippen LogP contribution in [0.15, 0.2) is 36.4 Å². The van der Waals surface area contributed by atoms with Crippen LogP contribution in [0.3, 0.4) is 0 Å². The van der Waals surface area contributed by atoms with Crippen LogP contribution in [0.1, 0.15) is 17.9 Å². The molecule has 2 atom stereocenters. The van der Waals surface area contributed by atoms with Crippen molar-refractivity contribution < 1.29 is 9.50 Å². The van der Waals surface area contributed by atoms with Gasteiger partial charge in [-0.2, -0.15) is 0 Å². The molecule has 0 bridgehead atoms. The molecule has 3 rings (SSSR count). The minimum Gasteiger partial charge on any atom is -0.505 e. The van der Waals surface area contributed by atoms with E-state index in [2.05, 4.69) is 0 Å². The van der Waals surface area contributed by atoms with E-state index in [0.29, 0.717) is 11.5 Å². The first-order valence-electron chi connectivity index (χ1n) is 6.10. The number of halogens is 2. The topological polar surface area (TPSA) is 46.2 Å². The van der Waals surface area contributed by atoms with Crippen molar-refractivity contribution >= 4 is 11.6 Å². The summed E-state index contributed by atoms with van der Waals surface area (Å²) in [7, 11) is 0. The third-order valence-electron chi connectivity index (χ3n) is 3.52. The Labute approximate surface area is 115 Å². The normalized spacial score (nSPS) is 21.4. The van der Waals surface area contributed by atoms with Gasteiger partial charge in [-0.05, 0) is 35.2 Å². The van der Waals surface area contributed by atoms with Crippen LogP contribution in [0.5, 0.6) is 5.75 Å². The maximum Gasteiger partial charge on any atom is 0.183 e. The van der Waals surface area contributed by atoms with E-state index >= 15 is 0 Å². The molecular formula is C15H13ClFNO. The first kappa shape index (κ1) is 12.5. The van der Waals surface area contributed by atoms with Crippen LogP contribution in [0.4, 0.5) is 4.39 Å². The number of aromatic hydroxyl groups is 1. The summed E-state index contributed by atoms with van der Waals surface area (Å²) in [5.41, 5.74) is 8.60. The second-order valence-electron chi connectivity index (χ2n) is 4.92. The molecule has 0 amide bonds. The summed E-state index contributed by atoms with van der Waals surface area (Å²) in [4.78, 5) is 0. The van der Waals surface area contributed by atoms with Crippen LogP contribution in [0.25, 0.3) is 11.1 Å². The maximum atomic E-state index is 13.3. The Balaban J connectivity index is 1.94. The third kappa shape index (κ3) is 2.31. The van der Waals surface area contributed by atoms with Gasteiger partial charge < -0.3 is 10.8 Å². The molecule has 2 aromatic rings. The second-order valence-corrected chi connectivity index (χ2v) is 5.33. The highest BCUT2D eigenvalue weighted by Gasteiger charge is 2.34. The van der Waals surface area contributed by atoms with E-state index < -0.39 is 11.6 Å². The number of hydrogen-bond donors (Lipinski definition) is 2. The Morgan fingerprint density at radius 2 is 1.79 bits per heavy atom. The predicted octanol–water partition coefficient (Wildman–Crippen LogP) is 3.67. The Hall–Kier alpha value is -1.58. The number of phenolic OH excluding ortho intramolecular Hbond substituents is 1. The van der Waals surface area contributed by atoms with Crippen molar-refractivity contribution in [1.29, 1.82) is 0 Å². The molecule has 98 valence electrons. The highest BCUT2D eigenvalue weighted by atomic mass is 35.5. The standard InChI is InChI=1S/C15H13ClFNO/c16-12-5-10(6-14(19)15(12)17)8-1-3-9(4-2-8)11-7-13(11)18/h1-6,11,13,19H,7,18H2/t11-,13+/m0/s1. The third-order valence-corrected chi connectivity index (χ3v) is 3.80. The van der Waals surface area contributed by atoms with E-state index in [1.54, 1.807) is 0 Å². The van der Waals surface area contributed by atoms with E-state index in [-0.39, 0.29) is 11.1 Å². The monoisotopic (exact) mass is 277 g/mol. The maximum absolute atomic E-state index is 13.3. The SMILES string of the molecule is N[C@@H]1C[C@H]1c1ccc(-c2cc(O)c(F)c(Cl)c2)cc1. The number of phenols is 1. The fraction of sp³-hybridized carbons (Fsp3) is 0.200. The van der Waals surface area contributed by atoms with Gasteiger partial charge in [0.25, 0.3) is 0 Å². The van der Waals surface area contributed by atoms with Gasteiger partial charge >= 0.3 is 0 Å². The zero-order valence-corrected chi connectivity index (χ0v) is 10.9. The fourth-order valence-corrected chi connectivity index (χ4v) is 2.48. The van der Waals surface area contributed by atoms with Gasteiger partial charge in [-0.1, -0.05) is 35.9 Å². The van der Waals surface area contributed by atoms with Crippen molar-refractivity contribution in [2.75, 3.05) is 0 Å². The molecule has 0 aromatic heterocycles. The van der Waals surface area contributed by atoms with E-state index in [4.69, 9.17) is 17.3 Å². The van der Waals surface area contributed by atoms with Crippen molar-refractivity contribution in [3.8, 4) is 16.9 Å². The molecule has 1 aliphatic carbocycles. The zero-order chi connectivity index (χ0) is 13.6. The lowest BCUT2D eigenvalue weighted by Crippen LogP contribution is -2.00. The number of nitrogens with two attached hydrogens (primary N) is 1. The van der Waals surface area contributed by atoms with Gasteiger partial charge in [-0.15, -0.1) is 0 Å². The van der Waals surface area contributed by atoms with E-state index in [1.165, 1.54) is 17.7 Å². The largest absolute Gasteiger partial charge is 0.505 e. The molecule has 0 spiro atoms. The van der Waals surface area contributed by atoms with E-state index in [1.807, 2.05) is 24.3 Å². The summed E-state index contributed by atoms with van der Waals surface area (Å²) >= 11 is 5.73. The Kier molecular flexibility index (Phi) is 2.96. The lowest BCUT2D eigenvalue weighted by atomic mass is 10.0.